The Morgan fingerprint density at radius 3 is 2.53 bits per heavy atom. The fraction of sp³-hybridized carbons (Fsp3) is 0.769. The lowest BCUT2D eigenvalue weighted by molar-refractivity contribution is 0.621. The molecule has 1 rings (SSSR count). The van der Waals surface area contributed by atoms with Gasteiger partial charge in [0.05, 0.1) is 12.2 Å². The van der Waals surface area contributed by atoms with Gasteiger partial charge < -0.3 is 5.32 Å². The molecule has 0 spiro atoms. The molecule has 17 heavy (non-hydrogen) atoms. The Labute approximate surface area is 109 Å². The summed E-state index contributed by atoms with van der Waals surface area (Å²) in [5, 5.41) is 8.18. The number of aromatic nitrogens is 2. The average Bonchev–Trinajstić information content (AvgIpc) is 2.70. The third-order valence-corrected chi connectivity index (χ3v) is 3.57. The zero-order valence-corrected chi connectivity index (χ0v) is 12.4. The molecule has 3 nitrogen and oxygen atoms in total. The van der Waals surface area contributed by atoms with E-state index in [4.69, 9.17) is 5.10 Å². The predicted molar refractivity (Wildman–Crippen MR) is 76.7 cm³/mol. The number of thioether (sulfide) groups is 1. The van der Waals surface area contributed by atoms with Crippen molar-refractivity contribution in [3.63, 3.8) is 0 Å². The summed E-state index contributed by atoms with van der Waals surface area (Å²) in [6.45, 7) is 9.57. The van der Waals surface area contributed by atoms with Gasteiger partial charge in [0, 0.05) is 23.6 Å². The van der Waals surface area contributed by atoms with Crippen molar-refractivity contribution >= 4 is 11.8 Å². The highest BCUT2D eigenvalue weighted by Crippen LogP contribution is 2.16. The zero-order chi connectivity index (χ0) is 12.7. The van der Waals surface area contributed by atoms with E-state index in [1.807, 2.05) is 11.8 Å². The van der Waals surface area contributed by atoms with Gasteiger partial charge in [0.15, 0.2) is 0 Å². The molecule has 0 saturated heterocycles. The van der Waals surface area contributed by atoms with Crippen molar-refractivity contribution in [1.29, 1.82) is 0 Å². The van der Waals surface area contributed by atoms with Crippen LogP contribution in [0, 0.1) is 0 Å². The number of rotatable bonds is 8. The zero-order valence-electron chi connectivity index (χ0n) is 11.5. The molecule has 1 N–H and O–H groups in total. The standard InChI is InChI=1S/C13H25N3S/c1-5-12-11(10-14-7-3)13(6-2)16(15-12)8-9-17-4/h14H,5-10H2,1-4H3. The summed E-state index contributed by atoms with van der Waals surface area (Å²) >= 11 is 1.88. The smallest absolute Gasteiger partial charge is 0.0669 e. The fourth-order valence-electron chi connectivity index (χ4n) is 2.09. The number of aryl methyl sites for hydroxylation is 2. The average molecular weight is 255 g/mol. The summed E-state index contributed by atoms with van der Waals surface area (Å²) < 4.78 is 2.21. The van der Waals surface area contributed by atoms with Crippen LogP contribution >= 0.6 is 11.8 Å². The van der Waals surface area contributed by atoms with Crippen LogP contribution in [-0.2, 0) is 25.9 Å². The molecule has 98 valence electrons. The van der Waals surface area contributed by atoms with Crippen molar-refractivity contribution in [3.8, 4) is 0 Å². The van der Waals surface area contributed by atoms with Crippen molar-refractivity contribution in [3.05, 3.63) is 17.0 Å². The first-order chi connectivity index (χ1) is 8.28. The highest BCUT2D eigenvalue weighted by molar-refractivity contribution is 7.98. The van der Waals surface area contributed by atoms with Crippen molar-refractivity contribution in [2.24, 2.45) is 0 Å². The second-order valence-electron chi connectivity index (χ2n) is 4.08. The highest BCUT2D eigenvalue weighted by atomic mass is 32.2. The van der Waals surface area contributed by atoms with Crippen LogP contribution in [0.15, 0.2) is 0 Å². The van der Waals surface area contributed by atoms with Crippen LogP contribution in [0.3, 0.4) is 0 Å². The van der Waals surface area contributed by atoms with Crippen molar-refractivity contribution in [2.75, 3.05) is 18.6 Å². The highest BCUT2D eigenvalue weighted by Gasteiger charge is 2.14. The molecule has 0 aliphatic carbocycles. The summed E-state index contributed by atoms with van der Waals surface area (Å²) in [5.74, 6) is 1.14. The van der Waals surface area contributed by atoms with E-state index in [9.17, 15) is 0 Å². The largest absolute Gasteiger partial charge is 0.313 e. The van der Waals surface area contributed by atoms with Crippen LogP contribution in [0.2, 0.25) is 0 Å². The van der Waals surface area contributed by atoms with Crippen molar-refractivity contribution in [1.82, 2.24) is 15.1 Å². The second kappa shape index (κ2) is 7.77. The number of nitrogens with zero attached hydrogens (tertiary/aromatic N) is 2. The molecule has 0 aromatic carbocycles. The molecule has 0 atom stereocenters. The minimum atomic E-state index is 0.960. The Bertz CT molecular complexity index is 334. The molecule has 0 fully saturated rings. The van der Waals surface area contributed by atoms with Gasteiger partial charge in [0.25, 0.3) is 0 Å². The van der Waals surface area contributed by atoms with E-state index in [2.05, 4.69) is 37.0 Å². The quantitative estimate of drug-likeness (QED) is 0.774. The Kier molecular flexibility index (Phi) is 6.66. The van der Waals surface area contributed by atoms with Gasteiger partial charge in [-0.1, -0.05) is 20.8 Å². The van der Waals surface area contributed by atoms with E-state index in [-0.39, 0.29) is 0 Å². The SMILES string of the molecule is CCNCc1c(CC)nn(CCSC)c1CC. The number of hydrogen-bond donors (Lipinski definition) is 1. The van der Waals surface area contributed by atoms with Crippen LogP contribution in [-0.4, -0.2) is 28.3 Å². The van der Waals surface area contributed by atoms with E-state index < -0.39 is 0 Å². The molecule has 1 aromatic rings. The van der Waals surface area contributed by atoms with Gasteiger partial charge in [0.2, 0.25) is 0 Å². The van der Waals surface area contributed by atoms with Gasteiger partial charge in [-0.15, -0.1) is 0 Å². The lowest BCUT2D eigenvalue weighted by Crippen LogP contribution is -2.14. The van der Waals surface area contributed by atoms with Gasteiger partial charge in [-0.05, 0) is 25.6 Å². The van der Waals surface area contributed by atoms with Gasteiger partial charge >= 0.3 is 0 Å². The fourth-order valence-corrected chi connectivity index (χ4v) is 2.44. The maximum absolute atomic E-state index is 4.75. The van der Waals surface area contributed by atoms with Crippen LogP contribution in [0.5, 0.6) is 0 Å². The minimum absolute atomic E-state index is 0.960. The van der Waals surface area contributed by atoms with E-state index in [1.165, 1.54) is 17.0 Å². The van der Waals surface area contributed by atoms with E-state index in [0.717, 1.165) is 38.2 Å². The predicted octanol–water partition coefficient (Wildman–Crippen LogP) is 2.48. The lowest BCUT2D eigenvalue weighted by Gasteiger charge is -2.07. The first kappa shape index (κ1) is 14.6. The van der Waals surface area contributed by atoms with Gasteiger partial charge in [0.1, 0.15) is 0 Å². The third-order valence-electron chi connectivity index (χ3n) is 2.98. The minimum Gasteiger partial charge on any atom is -0.313 e. The van der Waals surface area contributed by atoms with Crippen LogP contribution in [0.1, 0.15) is 37.7 Å². The molecule has 0 saturated carbocycles. The van der Waals surface area contributed by atoms with Gasteiger partial charge in [-0.3, -0.25) is 4.68 Å². The first-order valence-electron chi connectivity index (χ1n) is 6.55. The molecule has 0 bridgehead atoms. The molecule has 1 aromatic heterocycles. The summed E-state index contributed by atoms with van der Waals surface area (Å²) in [5.41, 5.74) is 4.11. The van der Waals surface area contributed by atoms with Gasteiger partial charge in [-0.25, -0.2) is 0 Å². The molecule has 0 unspecified atom stereocenters. The molecule has 0 aliphatic rings. The lowest BCUT2D eigenvalue weighted by atomic mass is 10.1. The normalized spacial score (nSPS) is 11.1. The van der Waals surface area contributed by atoms with Crippen LogP contribution < -0.4 is 5.32 Å². The third kappa shape index (κ3) is 3.75. The van der Waals surface area contributed by atoms with E-state index in [0.29, 0.717) is 0 Å². The first-order valence-corrected chi connectivity index (χ1v) is 7.94. The Balaban J connectivity index is 2.93. The van der Waals surface area contributed by atoms with Crippen molar-refractivity contribution in [2.45, 2.75) is 46.7 Å². The van der Waals surface area contributed by atoms with E-state index >= 15 is 0 Å². The summed E-state index contributed by atoms with van der Waals surface area (Å²) in [4.78, 5) is 0. The maximum atomic E-state index is 4.75. The topological polar surface area (TPSA) is 29.9 Å². The molecule has 1 heterocycles. The van der Waals surface area contributed by atoms with Crippen molar-refractivity contribution < 1.29 is 0 Å². The molecular weight excluding hydrogens is 230 g/mol. The van der Waals surface area contributed by atoms with Crippen LogP contribution in [0.4, 0.5) is 0 Å². The summed E-state index contributed by atoms with van der Waals surface area (Å²) in [6.07, 6.45) is 4.25. The van der Waals surface area contributed by atoms with Gasteiger partial charge in [-0.2, -0.15) is 16.9 Å². The maximum Gasteiger partial charge on any atom is 0.0669 e. The molecule has 0 aliphatic heterocycles. The number of nitrogens with one attached hydrogen (secondary N) is 1. The molecular formula is C13H25N3S. The summed E-state index contributed by atoms with van der Waals surface area (Å²) in [6, 6.07) is 0. The monoisotopic (exact) mass is 255 g/mol. The van der Waals surface area contributed by atoms with Crippen LogP contribution in [0.25, 0.3) is 0 Å². The number of hydrogen-bond acceptors (Lipinski definition) is 3. The second-order valence-corrected chi connectivity index (χ2v) is 5.06. The van der Waals surface area contributed by atoms with E-state index in [1.54, 1.807) is 0 Å². The Morgan fingerprint density at radius 2 is 2.00 bits per heavy atom. The summed E-state index contributed by atoms with van der Waals surface area (Å²) in [7, 11) is 0. The molecule has 0 amide bonds. The molecule has 4 heteroatoms. The molecule has 0 radical (unpaired) electrons. The Hall–Kier alpha value is -0.480. The Morgan fingerprint density at radius 1 is 1.24 bits per heavy atom.